The van der Waals surface area contributed by atoms with Crippen LogP contribution in [0.4, 0.5) is 5.69 Å². The molecular formula is C16H19N3O2. The van der Waals surface area contributed by atoms with Crippen LogP contribution in [-0.2, 0) is 17.6 Å². The zero-order chi connectivity index (χ0) is 14.8. The van der Waals surface area contributed by atoms with E-state index in [1.54, 1.807) is 7.11 Å². The van der Waals surface area contributed by atoms with Crippen molar-refractivity contribution < 1.29 is 9.53 Å². The standard InChI is InChI=1S/C16H19N3O2/c1-10-17-14-8-3-11(9-15(14)18-10)16(20)19-12-4-6-13(21-2)7-5-12/h4-7,11H,3,8-9H2,1-2H3,(H,17,18)(H,19,20). The van der Waals surface area contributed by atoms with Gasteiger partial charge in [0.05, 0.1) is 12.8 Å². The summed E-state index contributed by atoms with van der Waals surface area (Å²) in [6, 6.07) is 7.39. The van der Waals surface area contributed by atoms with Crippen LogP contribution >= 0.6 is 0 Å². The number of carbonyl (C=O) groups excluding carboxylic acids is 1. The Morgan fingerprint density at radius 2 is 2.14 bits per heavy atom. The number of aromatic nitrogens is 2. The molecule has 1 aromatic carbocycles. The second kappa shape index (κ2) is 5.60. The van der Waals surface area contributed by atoms with E-state index in [0.717, 1.165) is 47.9 Å². The minimum Gasteiger partial charge on any atom is -0.497 e. The topological polar surface area (TPSA) is 67.0 Å². The number of aromatic amines is 1. The number of anilines is 1. The van der Waals surface area contributed by atoms with E-state index in [1.165, 1.54) is 0 Å². The number of fused-ring (bicyclic) bond motifs is 1. The van der Waals surface area contributed by atoms with Crippen LogP contribution in [0.3, 0.4) is 0 Å². The highest BCUT2D eigenvalue weighted by atomic mass is 16.5. The zero-order valence-electron chi connectivity index (χ0n) is 12.3. The molecule has 1 aromatic heterocycles. The van der Waals surface area contributed by atoms with E-state index in [9.17, 15) is 4.79 Å². The van der Waals surface area contributed by atoms with Crippen LogP contribution in [0.1, 0.15) is 23.6 Å². The first-order chi connectivity index (χ1) is 10.2. The largest absolute Gasteiger partial charge is 0.497 e. The Kier molecular flexibility index (Phi) is 3.64. The van der Waals surface area contributed by atoms with Gasteiger partial charge >= 0.3 is 0 Å². The molecule has 110 valence electrons. The molecule has 0 radical (unpaired) electrons. The minimum absolute atomic E-state index is 0.000508. The molecule has 0 saturated carbocycles. The molecule has 1 aliphatic rings. The van der Waals surface area contributed by atoms with Gasteiger partial charge in [0.1, 0.15) is 11.6 Å². The van der Waals surface area contributed by atoms with Crippen molar-refractivity contribution in [3.8, 4) is 5.75 Å². The van der Waals surface area contributed by atoms with E-state index in [0.29, 0.717) is 0 Å². The molecule has 0 fully saturated rings. The van der Waals surface area contributed by atoms with Crippen LogP contribution in [0, 0.1) is 12.8 Å². The third-order valence-electron chi connectivity index (χ3n) is 3.89. The second-order valence-corrected chi connectivity index (χ2v) is 5.40. The van der Waals surface area contributed by atoms with Crippen LogP contribution in [0.2, 0.25) is 0 Å². The van der Waals surface area contributed by atoms with E-state index in [4.69, 9.17) is 4.74 Å². The molecule has 0 saturated heterocycles. The number of methoxy groups -OCH3 is 1. The third kappa shape index (κ3) is 2.91. The number of H-pyrrole nitrogens is 1. The van der Waals surface area contributed by atoms with Crippen LogP contribution in [0.5, 0.6) is 5.75 Å². The normalized spacial score (nSPS) is 17.1. The van der Waals surface area contributed by atoms with Crippen LogP contribution < -0.4 is 10.1 Å². The van der Waals surface area contributed by atoms with Crippen LogP contribution in [0.25, 0.3) is 0 Å². The zero-order valence-corrected chi connectivity index (χ0v) is 12.3. The Morgan fingerprint density at radius 3 is 2.86 bits per heavy atom. The highest BCUT2D eigenvalue weighted by Gasteiger charge is 2.26. The lowest BCUT2D eigenvalue weighted by Gasteiger charge is -2.20. The van der Waals surface area contributed by atoms with Gasteiger partial charge in [-0.1, -0.05) is 0 Å². The second-order valence-electron chi connectivity index (χ2n) is 5.40. The molecule has 1 atom stereocenters. The Balaban J connectivity index is 1.66. The first-order valence-electron chi connectivity index (χ1n) is 7.15. The van der Waals surface area contributed by atoms with Gasteiger partial charge in [-0.3, -0.25) is 4.79 Å². The molecule has 1 amide bonds. The minimum atomic E-state index is -0.000508. The maximum atomic E-state index is 12.4. The van der Waals surface area contributed by atoms with Gasteiger partial charge < -0.3 is 15.0 Å². The van der Waals surface area contributed by atoms with Crippen LogP contribution in [-0.4, -0.2) is 23.0 Å². The summed E-state index contributed by atoms with van der Waals surface area (Å²) in [7, 11) is 1.62. The SMILES string of the molecule is COc1ccc(NC(=O)C2CCc3nc(C)[nH]c3C2)cc1. The van der Waals surface area contributed by atoms with Gasteiger partial charge in [-0.25, -0.2) is 4.98 Å². The van der Waals surface area contributed by atoms with Crippen molar-refractivity contribution >= 4 is 11.6 Å². The summed E-state index contributed by atoms with van der Waals surface area (Å²) < 4.78 is 5.11. The van der Waals surface area contributed by atoms with Crippen molar-refractivity contribution in [3.05, 3.63) is 41.5 Å². The molecular weight excluding hydrogens is 266 g/mol. The summed E-state index contributed by atoms with van der Waals surface area (Å²) in [4.78, 5) is 20.1. The third-order valence-corrected chi connectivity index (χ3v) is 3.89. The van der Waals surface area contributed by atoms with Gasteiger partial charge in [0.25, 0.3) is 0 Å². The average molecular weight is 285 g/mol. The predicted molar refractivity (Wildman–Crippen MR) is 80.5 cm³/mol. The summed E-state index contributed by atoms with van der Waals surface area (Å²) in [5.41, 5.74) is 3.02. The molecule has 0 aliphatic heterocycles. The van der Waals surface area contributed by atoms with Gasteiger partial charge in [-0.2, -0.15) is 0 Å². The maximum absolute atomic E-state index is 12.4. The number of benzene rings is 1. The lowest BCUT2D eigenvalue weighted by molar-refractivity contribution is -0.120. The molecule has 21 heavy (non-hydrogen) atoms. The Bertz CT molecular complexity index is 646. The van der Waals surface area contributed by atoms with Crippen molar-refractivity contribution in [1.29, 1.82) is 0 Å². The fourth-order valence-electron chi connectivity index (χ4n) is 2.77. The molecule has 2 N–H and O–H groups in total. The Labute approximate surface area is 123 Å². The molecule has 1 heterocycles. The first-order valence-corrected chi connectivity index (χ1v) is 7.15. The number of amides is 1. The lowest BCUT2D eigenvalue weighted by atomic mass is 9.89. The van der Waals surface area contributed by atoms with E-state index in [2.05, 4.69) is 15.3 Å². The number of rotatable bonds is 3. The number of carbonyl (C=O) groups is 1. The summed E-state index contributed by atoms with van der Waals surface area (Å²) in [5.74, 6) is 1.77. The first kappa shape index (κ1) is 13.7. The van der Waals surface area contributed by atoms with Crippen LogP contribution in [0.15, 0.2) is 24.3 Å². The van der Waals surface area contributed by atoms with Gasteiger partial charge in [-0.05, 0) is 44.0 Å². The number of hydrogen-bond acceptors (Lipinski definition) is 3. The molecule has 0 spiro atoms. The van der Waals surface area contributed by atoms with Gasteiger partial charge in [0, 0.05) is 23.7 Å². The molecule has 1 unspecified atom stereocenters. The van der Waals surface area contributed by atoms with Crippen molar-refractivity contribution in [2.24, 2.45) is 5.92 Å². The highest BCUT2D eigenvalue weighted by molar-refractivity contribution is 5.92. The summed E-state index contributed by atoms with van der Waals surface area (Å²) in [6.45, 7) is 1.95. The van der Waals surface area contributed by atoms with Crippen molar-refractivity contribution in [2.45, 2.75) is 26.2 Å². The highest BCUT2D eigenvalue weighted by Crippen LogP contribution is 2.25. The lowest BCUT2D eigenvalue weighted by Crippen LogP contribution is -2.28. The molecule has 5 nitrogen and oxygen atoms in total. The molecule has 3 rings (SSSR count). The van der Waals surface area contributed by atoms with Gasteiger partial charge in [0.15, 0.2) is 0 Å². The van der Waals surface area contributed by atoms with E-state index >= 15 is 0 Å². The number of aryl methyl sites for hydroxylation is 2. The molecule has 2 aromatic rings. The van der Waals surface area contributed by atoms with E-state index < -0.39 is 0 Å². The molecule has 0 bridgehead atoms. The quantitative estimate of drug-likeness (QED) is 0.910. The number of nitrogens with one attached hydrogen (secondary N) is 2. The fourth-order valence-corrected chi connectivity index (χ4v) is 2.77. The summed E-state index contributed by atoms with van der Waals surface area (Å²) in [6.07, 6.45) is 2.44. The number of ether oxygens (including phenoxy) is 1. The summed E-state index contributed by atoms with van der Waals surface area (Å²) in [5, 5.41) is 2.97. The Morgan fingerprint density at radius 1 is 1.38 bits per heavy atom. The van der Waals surface area contributed by atoms with Gasteiger partial charge in [0.2, 0.25) is 5.91 Å². The average Bonchev–Trinajstić information content (AvgIpc) is 2.87. The summed E-state index contributed by atoms with van der Waals surface area (Å²) >= 11 is 0. The number of imidazole rings is 1. The number of nitrogens with zero attached hydrogens (tertiary/aromatic N) is 1. The number of hydrogen-bond donors (Lipinski definition) is 2. The van der Waals surface area contributed by atoms with Crippen molar-refractivity contribution in [2.75, 3.05) is 12.4 Å². The van der Waals surface area contributed by atoms with Crippen molar-refractivity contribution in [1.82, 2.24) is 9.97 Å². The Hall–Kier alpha value is -2.30. The maximum Gasteiger partial charge on any atom is 0.227 e. The van der Waals surface area contributed by atoms with Gasteiger partial charge in [-0.15, -0.1) is 0 Å². The monoisotopic (exact) mass is 285 g/mol. The molecule has 5 heteroatoms. The van der Waals surface area contributed by atoms with E-state index in [-0.39, 0.29) is 11.8 Å². The smallest absolute Gasteiger partial charge is 0.227 e. The molecule has 1 aliphatic carbocycles. The predicted octanol–water partition coefficient (Wildman–Crippen LogP) is 2.47. The van der Waals surface area contributed by atoms with Crippen molar-refractivity contribution in [3.63, 3.8) is 0 Å². The fraction of sp³-hybridized carbons (Fsp3) is 0.375. The van der Waals surface area contributed by atoms with E-state index in [1.807, 2.05) is 31.2 Å².